The molecule has 0 radical (unpaired) electrons. The van der Waals surface area contributed by atoms with Gasteiger partial charge in [0.15, 0.2) is 0 Å². The van der Waals surface area contributed by atoms with Crippen molar-refractivity contribution in [1.29, 1.82) is 0 Å². The molecular weight excluding hydrogens is 428 g/mol. The molecule has 3 heterocycles. The molecule has 1 amide bonds. The predicted octanol–water partition coefficient (Wildman–Crippen LogP) is 3.75. The van der Waals surface area contributed by atoms with Gasteiger partial charge in [-0.15, -0.1) is 0 Å². The number of nitrogens with zero attached hydrogens (tertiary/aromatic N) is 5. The summed E-state index contributed by atoms with van der Waals surface area (Å²) in [4.78, 5) is 24.3. The normalized spacial score (nSPS) is 21.6. The van der Waals surface area contributed by atoms with Crippen molar-refractivity contribution in [2.45, 2.75) is 51.5 Å². The molecule has 1 aliphatic heterocycles. The number of fused-ring (bicyclic) bond motifs is 1. The highest BCUT2D eigenvalue weighted by atomic mass is 16.3. The van der Waals surface area contributed by atoms with Gasteiger partial charge < -0.3 is 5.11 Å². The highest BCUT2D eigenvalue weighted by molar-refractivity contribution is 5.92. The van der Waals surface area contributed by atoms with Crippen molar-refractivity contribution in [1.82, 2.24) is 24.6 Å². The van der Waals surface area contributed by atoms with E-state index in [9.17, 15) is 9.90 Å². The molecule has 2 aliphatic rings. The Labute approximate surface area is 200 Å². The van der Waals surface area contributed by atoms with E-state index in [2.05, 4.69) is 37.4 Å². The van der Waals surface area contributed by atoms with Crippen LogP contribution in [0.15, 0.2) is 30.6 Å². The Bertz CT molecular complexity index is 1150. The maximum atomic E-state index is 12.8. The van der Waals surface area contributed by atoms with Gasteiger partial charge in [0, 0.05) is 43.3 Å². The van der Waals surface area contributed by atoms with Gasteiger partial charge in [-0.25, -0.2) is 9.97 Å². The molecule has 3 aromatic rings. The van der Waals surface area contributed by atoms with Crippen LogP contribution in [-0.4, -0.2) is 55.4 Å². The quantitative estimate of drug-likeness (QED) is 0.579. The van der Waals surface area contributed by atoms with Crippen molar-refractivity contribution < 1.29 is 9.90 Å². The van der Waals surface area contributed by atoms with Crippen LogP contribution in [-0.2, 0) is 18.4 Å². The number of carbonyl (C=O) groups excluding carboxylic acids is 1. The van der Waals surface area contributed by atoms with Gasteiger partial charge in [-0.2, -0.15) is 5.10 Å². The third-order valence-electron chi connectivity index (χ3n) is 7.49. The van der Waals surface area contributed by atoms with Crippen LogP contribution in [0.1, 0.15) is 50.6 Å². The number of rotatable bonds is 6. The standard InChI is InChI=1S/C26H34N6O2/c1-31-24(16-32-11-3-2-4-12-32)22(15-28-31)20-9-10-21-14-27-26(29-23(21)13-20)30-25(34)19-7-5-18(17-33)6-8-19/h9-10,13-15,18-19,33H,2-8,11-12,16-17H2,1H3,(H,27,29,30,34). The van der Waals surface area contributed by atoms with Crippen LogP contribution < -0.4 is 5.32 Å². The minimum absolute atomic E-state index is 0.0250. The molecule has 8 heteroatoms. The number of hydrogen-bond acceptors (Lipinski definition) is 6. The van der Waals surface area contributed by atoms with E-state index < -0.39 is 0 Å². The van der Waals surface area contributed by atoms with Gasteiger partial charge in [-0.3, -0.25) is 19.7 Å². The fourth-order valence-electron chi connectivity index (χ4n) is 5.29. The van der Waals surface area contributed by atoms with Crippen LogP contribution in [0.3, 0.4) is 0 Å². The minimum Gasteiger partial charge on any atom is -0.396 e. The van der Waals surface area contributed by atoms with Crippen molar-refractivity contribution in [3.63, 3.8) is 0 Å². The van der Waals surface area contributed by atoms with Crippen LogP contribution in [0, 0.1) is 11.8 Å². The summed E-state index contributed by atoms with van der Waals surface area (Å²) in [6.45, 7) is 3.38. The lowest BCUT2D eigenvalue weighted by molar-refractivity contribution is -0.121. The summed E-state index contributed by atoms with van der Waals surface area (Å²) in [6.07, 6.45) is 10.9. The monoisotopic (exact) mass is 462 g/mol. The van der Waals surface area contributed by atoms with Gasteiger partial charge in [0.1, 0.15) is 0 Å². The number of likely N-dealkylation sites (tertiary alicyclic amines) is 1. The van der Waals surface area contributed by atoms with Crippen molar-refractivity contribution >= 4 is 22.8 Å². The number of aryl methyl sites for hydroxylation is 1. The molecule has 0 unspecified atom stereocenters. The molecule has 0 bridgehead atoms. The Kier molecular flexibility index (Phi) is 6.87. The molecule has 5 rings (SSSR count). The average Bonchev–Trinajstić information content (AvgIpc) is 3.24. The van der Waals surface area contributed by atoms with E-state index >= 15 is 0 Å². The molecule has 2 fully saturated rings. The lowest BCUT2D eigenvalue weighted by Crippen LogP contribution is -2.30. The molecule has 1 saturated heterocycles. The van der Waals surface area contributed by atoms with Crippen molar-refractivity contribution in [2.24, 2.45) is 18.9 Å². The largest absolute Gasteiger partial charge is 0.396 e. The summed E-state index contributed by atoms with van der Waals surface area (Å²) in [5.41, 5.74) is 4.22. The number of aliphatic hydroxyl groups is 1. The number of nitrogens with one attached hydrogen (secondary N) is 1. The Hall–Kier alpha value is -2.84. The van der Waals surface area contributed by atoms with Crippen LogP contribution in [0.2, 0.25) is 0 Å². The number of benzene rings is 1. The van der Waals surface area contributed by atoms with E-state index in [-0.39, 0.29) is 18.4 Å². The molecule has 2 aromatic heterocycles. The second kappa shape index (κ2) is 10.2. The Balaban J connectivity index is 1.34. The topological polar surface area (TPSA) is 96.2 Å². The fraction of sp³-hybridized carbons (Fsp3) is 0.538. The maximum absolute atomic E-state index is 12.8. The first-order chi connectivity index (χ1) is 16.6. The number of carbonyl (C=O) groups is 1. The van der Waals surface area contributed by atoms with Gasteiger partial charge >= 0.3 is 0 Å². The lowest BCUT2D eigenvalue weighted by Gasteiger charge is -2.26. The van der Waals surface area contributed by atoms with Gasteiger partial charge in [0.25, 0.3) is 0 Å². The molecular formula is C26H34N6O2. The lowest BCUT2D eigenvalue weighted by atomic mass is 9.82. The number of amides is 1. The summed E-state index contributed by atoms with van der Waals surface area (Å²) >= 11 is 0. The molecule has 1 aromatic carbocycles. The second-order valence-electron chi connectivity index (χ2n) is 9.82. The average molecular weight is 463 g/mol. The number of piperidine rings is 1. The predicted molar refractivity (Wildman–Crippen MR) is 132 cm³/mol. The second-order valence-corrected chi connectivity index (χ2v) is 9.82. The van der Waals surface area contributed by atoms with Gasteiger partial charge in [0.05, 0.1) is 17.4 Å². The number of hydrogen-bond donors (Lipinski definition) is 2. The summed E-state index contributed by atoms with van der Waals surface area (Å²) < 4.78 is 1.98. The van der Waals surface area contributed by atoms with Crippen LogP contribution in [0.4, 0.5) is 5.95 Å². The van der Waals surface area contributed by atoms with Crippen LogP contribution >= 0.6 is 0 Å². The summed E-state index contributed by atoms with van der Waals surface area (Å²) in [6, 6.07) is 6.19. The fourth-order valence-corrected chi connectivity index (χ4v) is 5.29. The Morgan fingerprint density at radius 3 is 2.68 bits per heavy atom. The van der Waals surface area contributed by atoms with Gasteiger partial charge in [-0.05, 0) is 69.2 Å². The molecule has 0 atom stereocenters. The molecule has 8 nitrogen and oxygen atoms in total. The van der Waals surface area contributed by atoms with E-state index in [0.29, 0.717) is 11.9 Å². The van der Waals surface area contributed by atoms with E-state index in [1.54, 1.807) is 6.20 Å². The van der Waals surface area contributed by atoms with Gasteiger partial charge in [-0.1, -0.05) is 18.6 Å². The van der Waals surface area contributed by atoms with E-state index in [4.69, 9.17) is 0 Å². The molecule has 1 aliphatic carbocycles. The molecule has 34 heavy (non-hydrogen) atoms. The molecule has 1 saturated carbocycles. The van der Waals surface area contributed by atoms with E-state index in [1.165, 1.54) is 25.0 Å². The minimum atomic E-state index is -0.0406. The summed E-state index contributed by atoms with van der Waals surface area (Å²) in [5.74, 6) is 0.606. The van der Waals surface area contributed by atoms with Crippen molar-refractivity contribution in [3.8, 4) is 11.1 Å². The zero-order valence-corrected chi connectivity index (χ0v) is 19.9. The summed E-state index contributed by atoms with van der Waals surface area (Å²) in [5, 5.41) is 17.7. The van der Waals surface area contributed by atoms with E-state index in [1.807, 2.05) is 24.0 Å². The number of anilines is 1. The van der Waals surface area contributed by atoms with E-state index in [0.717, 1.165) is 67.3 Å². The number of aliphatic hydroxyl groups excluding tert-OH is 1. The zero-order valence-electron chi connectivity index (χ0n) is 19.9. The molecule has 180 valence electrons. The third-order valence-corrected chi connectivity index (χ3v) is 7.49. The van der Waals surface area contributed by atoms with Crippen molar-refractivity contribution in [2.75, 3.05) is 25.0 Å². The Morgan fingerprint density at radius 2 is 1.91 bits per heavy atom. The smallest absolute Gasteiger partial charge is 0.229 e. The van der Waals surface area contributed by atoms with Crippen LogP contribution in [0.25, 0.3) is 22.0 Å². The highest BCUT2D eigenvalue weighted by Crippen LogP contribution is 2.30. The van der Waals surface area contributed by atoms with Crippen LogP contribution in [0.5, 0.6) is 0 Å². The molecule has 0 spiro atoms. The summed E-state index contributed by atoms with van der Waals surface area (Å²) in [7, 11) is 2.01. The third kappa shape index (κ3) is 4.98. The highest BCUT2D eigenvalue weighted by Gasteiger charge is 2.26. The van der Waals surface area contributed by atoms with Crippen molar-refractivity contribution in [3.05, 3.63) is 36.3 Å². The first kappa shape index (κ1) is 22.9. The SMILES string of the molecule is Cn1ncc(-c2ccc3cnc(NC(=O)C4CCC(CO)CC4)nc3c2)c1CN1CCCCC1. The maximum Gasteiger partial charge on any atom is 0.229 e. The van der Waals surface area contributed by atoms with Gasteiger partial charge in [0.2, 0.25) is 11.9 Å². The first-order valence-corrected chi connectivity index (χ1v) is 12.5. The number of aromatic nitrogens is 4. The first-order valence-electron chi connectivity index (χ1n) is 12.5. The zero-order chi connectivity index (χ0) is 23.5. The Morgan fingerprint density at radius 1 is 1.12 bits per heavy atom. The molecule has 2 N–H and O–H groups in total.